The lowest BCUT2D eigenvalue weighted by Crippen LogP contribution is -2.44. The lowest BCUT2D eigenvalue weighted by molar-refractivity contribution is -0.384. The van der Waals surface area contributed by atoms with Crippen LogP contribution in [0.1, 0.15) is 23.2 Å². The standard InChI is InChI=1S/C21H21FN2O5S/c22-17-5-1-2-6-19(17)30-18-8-7-15(24(26)27)12-16(18)20(25)23-9-3-4-14(13-23)21-28-10-11-29-21/h1-2,5-8,12,14,21H,3-4,9-11,13H2. The van der Waals surface area contributed by atoms with Crippen LogP contribution in [0.15, 0.2) is 52.3 Å². The Hall–Kier alpha value is -2.49. The monoisotopic (exact) mass is 432 g/mol. The maximum Gasteiger partial charge on any atom is 0.270 e. The zero-order valence-electron chi connectivity index (χ0n) is 16.2. The van der Waals surface area contributed by atoms with Crippen molar-refractivity contribution in [2.45, 2.75) is 28.9 Å². The number of ether oxygens (including phenoxy) is 2. The molecule has 0 aliphatic carbocycles. The summed E-state index contributed by atoms with van der Waals surface area (Å²) < 4.78 is 25.3. The molecule has 9 heteroatoms. The number of nitro benzene ring substituents is 1. The second-order valence-electron chi connectivity index (χ2n) is 7.23. The summed E-state index contributed by atoms with van der Waals surface area (Å²) in [5, 5.41) is 11.3. The number of piperidine rings is 1. The Bertz CT molecular complexity index is 951. The van der Waals surface area contributed by atoms with Crippen LogP contribution in [0.2, 0.25) is 0 Å². The molecule has 2 aromatic carbocycles. The zero-order chi connectivity index (χ0) is 21.1. The van der Waals surface area contributed by atoms with E-state index in [9.17, 15) is 19.3 Å². The van der Waals surface area contributed by atoms with Crippen molar-refractivity contribution in [1.29, 1.82) is 0 Å². The van der Waals surface area contributed by atoms with Crippen molar-refractivity contribution in [3.05, 3.63) is 64.0 Å². The van der Waals surface area contributed by atoms with Crippen LogP contribution >= 0.6 is 11.8 Å². The summed E-state index contributed by atoms with van der Waals surface area (Å²) in [7, 11) is 0. The molecule has 0 N–H and O–H groups in total. The zero-order valence-corrected chi connectivity index (χ0v) is 17.0. The number of amides is 1. The third-order valence-corrected chi connectivity index (χ3v) is 6.37. The molecule has 2 aliphatic heterocycles. The first kappa shape index (κ1) is 20.8. The van der Waals surface area contributed by atoms with Gasteiger partial charge in [0.1, 0.15) is 5.82 Å². The van der Waals surface area contributed by atoms with Crippen molar-refractivity contribution in [3.8, 4) is 0 Å². The number of benzene rings is 2. The maximum absolute atomic E-state index is 14.1. The minimum absolute atomic E-state index is 0.0616. The summed E-state index contributed by atoms with van der Waals surface area (Å²) >= 11 is 1.09. The third kappa shape index (κ3) is 4.48. The number of halogens is 1. The summed E-state index contributed by atoms with van der Waals surface area (Å²) in [5.74, 6) is -0.653. The molecule has 2 aliphatic rings. The van der Waals surface area contributed by atoms with Gasteiger partial charge in [-0.1, -0.05) is 23.9 Å². The van der Waals surface area contributed by atoms with Crippen LogP contribution in [0.5, 0.6) is 0 Å². The quantitative estimate of drug-likeness (QED) is 0.522. The molecule has 2 aromatic rings. The van der Waals surface area contributed by atoms with E-state index in [4.69, 9.17) is 9.47 Å². The van der Waals surface area contributed by atoms with E-state index in [0.717, 1.165) is 24.6 Å². The van der Waals surface area contributed by atoms with Crippen molar-refractivity contribution in [3.63, 3.8) is 0 Å². The number of nitrogens with zero attached hydrogens (tertiary/aromatic N) is 2. The Kier molecular flexibility index (Phi) is 6.31. The molecule has 1 unspecified atom stereocenters. The Morgan fingerprint density at radius 3 is 2.67 bits per heavy atom. The number of nitro groups is 1. The highest BCUT2D eigenvalue weighted by molar-refractivity contribution is 7.99. The molecule has 2 heterocycles. The van der Waals surface area contributed by atoms with E-state index in [1.807, 2.05) is 0 Å². The highest BCUT2D eigenvalue weighted by Gasteiger charge is 2.34. The molecule has 2 fully saturated rings. The fourth-order valence-corrected chi connectivity index (χ4v) is 4.71. The molecular weight excluding hydrogens is 411 g/mol. The lowest BCUT2D eigenvalue weighted by atomic mass is 9.96. The number of hydrogen-bond acceptors (Lipinski definition) is 6. The second kappa shape index (κ2) is 9.11. The number of rotatable bonds is 5. The van der Waals surface area contributed by atoms with Crippen LogP contribution in [-0.4, -0.2) is 48.3 Å². The van der Waals surface area contributed by atoms with Gasteiger partial charge < -0.3 is 14.4 Å². The largest absolute Gasteiger partial charge is 0.350 e. The number of carbonyl (C=O) groups is 1. The van der Waals surface area contributed by atoms with Gasteiger partial charge in [0.25, 0.3) is 11.6 Å². The van der Waals surface area contributed by atoms with E-state index < -0.39 is 10.7 Å². The van der Waals surface area contributed by atoms with Crippen LogP contribution < -0.4 is 0 Å². The van der Waals surface area contributed by atoms with Crippen LogP contribution in [0.3, 0.4) is 0 Å². The topological polar surface area (TPSA) is 81.9 Å². The molecule has 4 rings (SSSR count). The van der Waals surface area contributed by atoms with Gasteiger partial charge in [-0.05, 0) is 31.0 Å². The Morgan fingerprint density at radius 1 is 1.17 bits per heavy atom. The van der Waals surface area contributed by atoms with Gasteiger partial charge in [-0.2, -0.15) is 0 Å². The van der Waals surface area contributed by atoms with Gasteiger partial charge in [-0.15, -0.1) is 0 Å². The number of likely N-dealkylation sites (tertiary alicyclic amines) is 1. The number of hydrogen-bond donors (Lipinski definition) is 0. The first-order valence-electron chi connectivity index (χ1n) is 9.76. The first-order valence-corrected chi connectivity index (χ1v) is 10.6. The minimum Gasteiger partial charge on any atom is -0.350 e. The predicted octanol–water partition coefficient (Wildman–Crippen LogP) is 4.11. The van der Waals surface area contributed by atoms with E-state index in [1.165, 1.54) is 24.3 Å². The van der Waals surface area contributed by atoms with E-state index in [-0.39, 0.29) is 29.4 Å². The smallest absolute Gasteiger partial charge is 0.270 e. The molecule has 0 saturated carbocycles. The van der Waals surface area contributed by atoms with Gasteiger partial charge >= 0.3 is 0 Å². The summed E-state index contributed by atoms with van der Waals surface area (Å²) in [4.78, 5) is 26.6. The molecule has 0 spiro atoms. The third-order valence-electron chi connectivity index (χ3n) is 5.24. The molecule has 1 atom stereocenters. The normalized spacial score (nSPS) is 19.8. The molecule has 0 radical (unpaired) electrons. The number of non-ortho nitro benzene ring substituents is 1. The van der Waals surface area contributed by atoms with Crippen molar-refractivity contribution in [2.24, 2.45) is 5.92 Å². The summed E-state index contributed by atoms with van der Waals surface area (Å²) in [5.41, 5.74) is 0.0265. The fourth-order valence-electron chi connectivity index (χ4n) is 3.77. The minimum atomic E-state index is -0.534. The van der Waals surface area contributed by atoms with Gasteiger partial charge in [-0.25, -0.2) is 4.39 Å². The Morgan fingerprint density at radius 2 is 1.93 bits per heavy atom. The van der Waals surface area contributed by atoms with Crippen LogP contribution in [-0.2, 0) is 9.47 Å². The lowest BCUT2D eigenvalue weighted by Gasteiger charge is -2.35. The summed E-state index contributed by atoms with van der Waals surface area (Å²) in [6.07, 6.45) is 1.36. The molecule has 158 valence electrons. The van der Waals surface area contributed by atoms with Crippen molar-refractivity contribution in [2.75, 3.05) is 26.3 Å². The number of carbonyl (C=O) groups excluding carboxylic acids is 1. The van der Waals surface area contributed by atoms with E-state index in [0.29, 0.717) is 36.1 Å². The predicted molar refractivity (Wildman–Crippen MR) is 108 cm³/mol. The molecule has 30 heavy (non-hydrogen) atoms. The van der Waals surface area contributed by atoms with Crippen molar-refractivity contribution in [1.82, 2.24) is 4.90 Å². The van der Waals surface area contributed by atoms with Gasteiger partial charge in [0.15, 0.2) is 6.29 Å². The van der Waals surface area contributed by atoms with E-state index >= 15 is 0 Å². The average molecular weight is 432 g/mol. The molecule has 0 bridgehead atoms. The summed E-state index contributed by atoms with van der Waals surface area (Å²) in [6.45, 7) is 2.09. The van der Waals surface area contributed by atoms with Crippen LogP contribution in [0.4, 0.5) is 10.1 Å². The highest BCUT2D eigenvalue weighted by Crippen LogP contribution is 2.35. The maximum atomic E-state index is 14.1. The molecule has 0 aromatic heterocycles. The van der Waals surface area contributed by atoms with Gasteiger partial charge in [0.05, 0.1) is 23.7 Å². The molecule has 7 nitrogen and oxygen atoms in total. The van der Waals surface area contributed by atoms with Crippen molar-refractivity contribution >= 4 is 23.4 Å². The van der Waals surface area contributed by atoms with Crippen LogP contribution in [0, 0.1) is 21.8 Å². The van der Waals surface area contributed by atoms with E-state index in [1.54, 1.807) is 23.1 Å². The molecular formula is C21H21FN2O5S. The molecule has 1 amide bonds. The van der Waals surface area contributed by atoms with Crippen molar-refractivity contribution < 1.29 is 23.6 Å². The Balaban J connectivity index is 1.61. The average Bonchev–Trinajstić information content (AvgIpc) is 3.30. The van der Waals surface area contributed by atoms with Gasteiger partial charge in [0, 0.05) is 40.9 Å². The molecule has 2 saturated heterocycles. The van der Waals surface area contributed by atoms with Gasteiger partial charge in [-0.3, -0.25) is 14.9 Å². The van der Waals surface area contributed by atoms with Gasteiger partial charge in [0.2, 0.25) is 0 Å². The SMILES string of the molecule is O=C(c1cc([N+](=O)[O-])ccc1Sc1ccccc1F)N1CCCC(C2OCCO2)C1. The Labute approximate surface area is 177 Å². The fraction of sp³-hybridized carbons (Fsp3) is 0.381. The van der Waals surface area contributed by atoms with E-state index in [2.05, 4.69) is 0 Å². The highest BCUT2D eigenvalue weighted by atomic mass is 32.2. The second-order valence-corrected chi connectivity index (χ2v) is 8.32. The first-order chi connectivity index (χ1) is 14.5. The summed E-state index contributed by atoms with van der Waals surface area (Å²) in [6, 6.07) is 10.4. The van der Waals surface area contributed by atoms with Crippen LogP contribution in [0.25, 0.3) is 0 Å².